The number of benzene rings is 1. The molecule has 7 heteroatoms. The maximum atomic E-state index is 12.7. The average Bonchev–Trinajstić information content (AvgIpc) is 3.11. The van der Waals surface area contributed by atoms with Gasteiger partial charge in [0.15, 0.2) is 0 Å². The highest BCUT2D eigenvalue weighted by Gasteiger charge is 2.28. The highest BCUT2D eigenvalue weighted by Crippen LogP contribution is 2.25. The molecule has 130 valence electrons. The minimum Gasteiger partial charge on any atom is -0.367 e. The molecule has 0 bridgehead atoms. The zero-order valence-corrected chi connectivity index (χ0v) is 15.2. The predicted octanol–water partition coefficient (Wildman–Crippen LogP) is 1.98. The van der Waals surface area contributed by atoms with Crippen molar-refractivity contribution in [1.29, 1.82) is 0 Å². The summed E-state index contributed by atoms with van der Waals surface area (Å²) in [4.78, 5) is 2.58. The van der Waals surface area contributed by atoms with E-state index < -0.39 is 10.0 Å². The molecular weight excluding hydrogens is 324 g/mol. The van der Waals surface area contributed by atoms with Gasteiger partial charge >= 0.3 is 0 Å². The molecule has 1 fully saturated rings. The summed E-state index contributed by atoms with van der Waals surface area (Å²) in [5, 5.41) is 4.21. The lowest BCUT2D eigenvalue weighted by molar-refractivity contribution is 0.565. The summed E-state index contributed by atoms with van der Waals surface area (Å²) in [6.07, 6.45) is 2.06. The van der Waals surface area contributed by atoms with Crippen LogP contribution in [0.1, 0.15) is 24.2 Å². The standard InChI is InChI=1S/C17H24N4O2S/c1-13-17(14(2)20(3)19-13)24(22,23)18-12-16-10-7-11-21(16)15-8-5-4-6-9-15/h4-6,8-9,16,18H,7,10-12H2,1-3H3. The van der Waals surface area contributed by atoms with Crippen molar-refractivity contribution in [3.63, 3.8) is 0 Å². The van der Waals surface area contributed by atoms with Crippen LogP contribution in [-0.4, -0.2) is 37.3 Å². The summed E-state index contributed by atoms with van der Waals surface area (Å²) in [6.45, 7) is 4.88. The Hall–Kier alpha value is -1.86. The van der Waals surface area contributed by atoms with Gasteiger partial charge in [-0.3, -0.25) is 4.68 Å². The first-order valence-electron chi connectivity index (χ1n) is 8.21. The van der Waals surface area contributed by atoms with Gasteiger partial charge in [-0.05, 0) is 38.8 Å². The Balaban J connectivity index is 1.75. The smallest absolute Gasteiger partial charge is 0.244 e. The number of anilines is 1. The molecule has 24 heavy (non-hydrogen) atoms. The number of aromatic nitrogens is 2. The van der Waals surface area contributed by atoms with Crippen molar-refractivity contribution in [3.8, 4) is 0 Å². The zero-order valence-electron chi connectivity index (χ0n) is 14.4. The van der Waals surface area contributed by atoms with Gasteiger partial charge in [0.25, 0.3) is 0 Å². The summed E-state index contributed by atoms with van der Waals surface area (Å²) in [5.74, 6) is 0. The van der Waals surface area contributed by atoms with Crippen LogP contribution in [0.25, 0.3) is 0 Å². The van der Waals surface area contributed by atoms with Crippen molar-refractivity contribution in [2.24, 2.45) is 7.05 Å². The topological polar surface area (TPSA) is 67.2 Å². The predicted molar refractivity (Wildman–Crippen MR) is 94.7 cm³/mol. The summed E-state index contributed by atoms with van der Waals surface area (Å²) in [7, 11) is -1.79. The molecule has 1 unspecified atom stereocenters. The maximum Gasteiger partial charge on any atom is 0.244 e. The third-order valence-corrected chi connectivity index (χ3v) is 6.36. The Morgan fingerprint density at radius 2 is 1.96 bits per heavy atom. The fourth-order valence-corrected chi connectivity index (χ4v) is 4.94. The normalized spacial score (nSPS) is 18.3. The van der Waals surface area contributed by atoms with E-state index in [4.69, 9.17) is 0 Å². The molecule has 0 saturated carbocycles. The van der Waals surface area contributed by atoms with Crippen molar-refractivity contribution >= 4 is 15.7 Å². The summed E-state index contributed by atoms with van der Waals surface area (Å²) >= 11 is 0. The van der Waals surface area contributed by atoms with Crippen LogP contribution in [0.4, 0.5) is 5.69 Å². The van der Waals surface area contributed by atoms with E-state index in [1.54, 1.807) is 25.6 Å². The highest BCUT2D eigenvalue weighted by atomic mass is 32.2. The van der Waals surface area contributed by atoms with Crippen molar-refractivity contribution < 1.29 is 8.42 Å². The molecule has 1 aliphatic rings. The lowest BCUT2D eigenvalue weighted by Gasteiger charge is -2.27. The Bertz CT molecular complexity index is 815. The van der Waals surface area contributed by atoms with Crippen molar-refractivity contribution in [2.45, 2.75) is 37.6 Å². The van der Waals surface area contributed by atoms with Gasteiger partial charge in [0.2, 0.25) is 10.0 Å². The van der Waals surface area contributed by atoms with Crippen LogP contribution in [0.5, 0.6) is 0 Å². The lowest BCUT2D eigenvalue weighted by Crippen LogP contribution is -2.40. The number of hydrogen-bond acceptors (Lipinski definition) is 4. The van der Waals surface area contributed by atoms with Gasteiger partial charge in [-0.25, -0.2) is 13.1 Å². The molecule has 1 atom stereocenters. The Morgan fingerprint density at radius 1 is 1.25 bits per heavy atom. The zero-order chi connectivity index (χ0) is 17.3. The number of aryl methyl sites for hydroxylation is 2. The van der Waals surface area contributed by atoms with Crippen molar-refractivity contribution in [2.75, 3.05) is 18.0 Å². The van der Waals surface area contributed by atoms with Crippen molar-refractivity contribution in [1.82, 2.24) is 14.5 Å². The molecule has 1 aromatic heterocycles. The number of rotatable bonds is 5. The summed E-state index contributed by atoms with van der Waals surface area (Å²) in [6, 6.07) is 10.3. The van der Waals surface area contributed by atoms with Gasteiger partial charge in [0.1, 0.15) is 4.90 Å². The fraction of sp³-hybridized carbons (Fsp3) is 0.471. The second-order valence-corrected chi connectivity index (χ2v) is 8.00. The van der Waals surface area contributed by atoms with Gasteiger partial charge < -0.3 is 4.90 Å². The molecule has 2 aromatic rings. The molecule has 0 aliphatic carbocycles. The van der Waals surface area contributed by atoms with Crippen LogP contribution < -0.4 is 9.62 Å². The lowest BCUT2D eigenvalue weighted by atomic mass is 10.2. The van der Waals surface area contributed by atoms with Crippen LogP contribution in [-0.2, 0) is 17.1 Å². The van der Waals surface area contributed by atoms with Crippen LogP contribution in [0, 0.1) is 13.8 Å². The second kappa shape index (κ2) is 6.57. The van der Waals surface area contributed by atoms with Gasteiger partial charge in [0.05, 0.1) is 11.4 Å². The molecule has 6 nitrogen and oxygen atoms in total. The summed E-state index contributed by atoms with van der Waals surface area (Å²) in [5.41, 5.74) is 2.34. The molecule has 1 aromatic carbocycles. The Labute approximate surface area is 143 Å². The number of para-hydroxylation sites is 1. The third kappa shape index (κ3) is 3.18. The monoisotopic (exact) mass is 348 g/mol. The van der Waals surface area contributed by atoms with Crippen LogP contribution in [0.2, 0.25) is 0 Å². The Morgan fingerprint density at radius 3 is 2.58 bits per heavy atom. The van der Waals surface area contributed by atoms with E-state index in [0.29, 0.717) is 22.8 Å². The number of sulfonamides is 1. The van der Waals surface area contributed by atoms with Crippen LogP contribution >= 0.6 is 0 Å². The quantitative estimate of drug-likeness (QED) is 0.897. The van der Waals surface area contributed by atoms with Gasteiger partial charge in [-0.15, -0.1) is 0 Å². The van der Waals surface area contributed by atoms with Crippen molar-refractivity contribution in [3.05, 3.63) is 41.7 Å². The minimum absolute atomic E-state index is 0.180. The summed E-state index contributed by atoms with van der Waals surface area (Å²) < 4.78 is 29.8. The first-order chi connectivity index (χ1) is 11.4. The van der Waals surface area contributed by atoms with E-state index in [2.05, 4.69) is 26.9 Å². The van der Waals surface area contributed by atoms with E-state index in [1.165, 1.54) is 0 Å². The largest absolute Gasteiger partial charge is 0.367 e. The van der Waals surface area contributed by atoms with Gasteiger partial charge in [0, 0.05) is 31.9 Å². The minimum atomic E-state index is -3.55. The molecule has 1 N–H and O–H groups in total. The van der Waals surface area contributed by atoms with E-state index in [9.17, 15) is 8.42 Å². The van der Waals surface area contributed by atoms with E-state index in [0.717, 1.165) is 25.1 Å². The first kappa shape index (κ1) is 17.0. The molecule has 3 rings (SSSR count). The number of hydrogen-bond donors (Lipinski definition) is 1. The molecule has 0 spiro atoms. The number of nitrogens with one attached hydrogen (secondary N) is 1. The van der Waals surface area contributed by atoms with Gasteiger partial charge in [-0.2, -0.15) is 5.10 Å². The molecule has 0 amide bonds. The first-order valence-corrected chi connectivity index (χ1v) is 9.70. The molecule has 1 saturated heterocycles. The van der Waals surface area contributed by atoms with E-state index in [-0.39, 0.29) is 6.04 Å². The molecule has 1 aliphatic heterocycles. The fourth-order valence-electron chi connectivity index (χ4n) is 3.43. The highest BCUT2D eigenvalue weighted by molar-refractivity contribution is 7.89. The second-order valence-electron chi connectivity index (χ2n) is 6.30. The molecule has 2 heterocycles. The van der Waals surface area contributed by atoms with E-state index >= 15 is 0 Å². The van der Waals surface area contributed by atoms with Gasteiger partial charge in [-0.1, -0.05) is 18.2 Å². The third-order valence-electron chi connectivity index (χ3n) is 4.69. The van der Waals surface area contributed by atoms with Crippen LogP contribution in [0.15, 0.2) is 35.2 Å². The average molecular weight is 348 g/mol. The van der Waals surface area contributed by atoms with E-state index in [1.807, 2.05) is 18.2 Å². The maximum absolute atomic E-state index is 12.7. The number of nitrogens with zero attached hydrogens (tertiary/aromatic N) is 3. The Kier molecular flexibility index (Phi) is 4.64. The van der Waals surface area contributed by atoms with Crippen LogP contribution in [0.3, 0.4) is 0 Å². The molecule has 0 radical (unpaired) electrons. The molecular formula is C17H24N4O2S. The SMILES string of the molecule is Cc1nn(C)c(C)c1S(=O)(=O)NCC1CCCN1c1ccccc1.